The number of ether oxygens (including phenoxy) is 1. The maximum absolute atomic E-state index is 12.6. The van der Waals surface area contributed by atoms with Gasteiger partial charge in [-0.05, 0) is 64.3 Å². The maximum atomic E-state index is 12.6. The van der Waals surface area contributed by atoms with Gasteiger partial charge >= 0.3 is 0 Å². The zero-order valence-electron chi connectivity index (χ0n) is 16.1. The van der Waals surface area contributed by atoms with Crippen molar-refractivity contribution in [3.05, 3.63) is 46.3 Å². The fraction of sp³-hybridized carbons (Fsp3) is 0.524. The number of aryl methyl sites for hydroxylation is 3. The van der Waals surface area contributed by atoms with Crippen molar-refractivity contribution in [2.75, 3.05) is 0 Å². The molecule has 1 amide bonds. The minimum absolute atomic E-state index is 0.00484. The van der Waals surface area contributed by atoms with Crippen LogP contribution in [0.2, 0.25) is 0 Å². The quantitative estimate of drug-likeness (QED) is 0.848. The van der Waals surface area contributed by atoms with Gasteiger partial charge < -0.3 is 14.6 Å². The molecule has 1 aromatic heterocycles. The van der Waals surface area contributed by atoms with E-state index in [1.807, 2.05) is 39.0 Å². The molecule has 5 nitrogen and oxygen atoms in total. The second-order valence-electron chi connectivity index (χ2n) is 7.65. The van der Waals surface area contributed by atoms with Gasteiger partial charge in [-0.15, -0.1) is 0 Å². The van der Waals surface area contributed by atoms with Crippen LogP contribution in [0.15, 0.2) is 22.7 Å². The molecule has 1 aliphatic carbocycles. The first-order valence-corrected chi connectivity index (χ1v) is 9.36. The summed E-state index contributed by atoms with van der Waals surface area (Å²) in [5.74, 6) is 1.54. The summed E-state index contributed by atoms with van der Waals surface area (Å²) in [6.45, 7) is 8.30. The van der Waals surface area contributed by atoms with E-state index in [1.54, 1.807) is 0 Å². The maximum Gasteiger partial charge on any atom is 0.251 e. The third-order valence-electron chi connectivity index (χ3n) is 5.36. The lowest BCUT2D eigenvalue weighted by molar-refractivity contribution is 0.0882. The van der Waals surface area contributed by atoms with Crippen LogP contribution in [0.1, 0.15) is 72.0 Å². The Hall–Kier alpha value is -2.30. The average molecular weight is 356 g/mol. The summed E-state index contributed by atoms with van der Waals surface area (Å²) in [5.41, 5.74) is 3.35. The van der Waals surface area contributed by atoms with Crippen LogP contribution in [0, 0.1) is 20.8 Å². The van der Waals surface area contributed by atoms with Crippen molar-refractivity contribution in [1.82, 2.24) is 10.5 Å². The Morgan fingerprint density at radius 1 is 1.23 bits per heavy atom. The SMILES string of the molecule is Cc1cc(C(=O)NC2(C)CCCCC2)ccc1OCc1c(C)noc1C. The van der Waals surface area contributed by atoms with E-state index in [-0.39, 0.29) is 11.4 Å². The van der Waals surface area contributed by atoms with Crippen LogP contribution < -0.4 is 10.1 Å². The van der Waals surface area contributed by atoms with Gasteiger partial charge in [0.25, 0.3) is 5.91 Å². The summed E-state index contributed by atoms with van der Waals surface area (Å²) < 4.78 is 11.1. The number of rotatable bonds is 5. The molecule has 140 valence electrons. The van der Waals surface area contributed by atoms with Gasteiger partial charge in [-0.25, -0.2) is 0 Å². The van der Waals surface area contributed by atoms with E-state index in [0.717, 1.165) is 41.2 Å². The summed E-state index contributed by atoms with van der Waals surface area (Å²) in [7, 11) is 0. The smallest absolute Gasteiger partial charge is 0.251 e. The fourth-order valence-electron chi connectivity index (χ4n) is 3.61. The summed E-state index contributed by atoms with van der Waals surface area (Å²) in [5, 5.41) is 7.17. The Labute approximate surface area is 155 Å². The van der Waals surface area contributed by atoms with Crippen LogP contribution in [0.3, 0.4) is 0 Å². The molecule has 26 heavy (non-hydrogen) atoms. The lowest BCUT2D eigenvalue weighted by atomic mass is 9.83. The number of benzene rings is 1. The monoisotopic (exact) mass is 356 g/mol. The highest BCUT2D eigenvalue weighted by molar-refractivity contribution is 5.95. The highest BCUT2D eigenvalue weighted by Gasteiger charge is 2.28. The van der Waals surface area contributed by atoms with Crippen LogP contribution in [0.5, 0.6) is 5.75 Å². The first-order valence-electron chi connectivity index (χ1n) is 9.36. The third-order valence-corrected chi connectivity index (χ3v) is 5.36. The van der Waals surface area contributed by atoms with Gasteiger partial charge in [-0.1, -0.05) is 24.4 Å². The van der Waals surface area contributed by atoms with Crippen molar-refractivity contribution in [2.45, 2.75) is 71.9 Å². The highest BCUT2D eigenvalue weighted by atomic mass is 16.5. The summed E-state index contributed by atoms with van der Waals surface area (Å²) >= 11 is 0. The van der Waals surface area contributed by atoms with E-state index in [2.05, 4.69) is 17.4 Å². The van der Waals surface area contributed by atoms with Gasteiger partial charge in [0.15, 0.2) is 0 Å². The molecule has 1 aromatic carbocycles. The molecular weight excluding hydrogens is 328 g/mol. The normalized spacial score (nSPS) is 16.3. The van der Waals surface area contributed by atoms with Gasteiger partial charge in [0.2, 0.25) is 0 Å². The molecule has 1 aliphatic rings. The summed E-state index contributed by atoms with van der Waals surface area (Å²) in [4.78, 5) is 12.6. The second kappa shape index (κ2) is 7.52. The molecule has 1 saturated carbocycles. The van der Waals surface area contributed by atoms with Crippen LogP contribution in [0.25, 0.3) is 0 Å². The molecule has 0 atom stereocenters. The average Bonchev–Trinajstić information content (AvgIpc) is 2.92. The van der Waals surface area contributed by atoms with Crippen LogP contribution in [0.4, 0.5) is 0 Å². The first kappa shape index (κ1) is 18.5. The zero-order valence-corrected chi connectivity index (χ0v) is 16.1. The molecule has 1 N–H and O–H groups in total. The van der Waals surface area contributed by atoms with E-state index in [4.69, 9.17) is 9.26 Å². The van der Waals surface area contributed by atoms with Crippen molar-refractivity contribution >= 4 is 5.91 Å². The largest absolute Gasteiger partial charge is 0.488 e. The Morgan fingerprint density at radius 3 is 2.58 bits per heavy atom. The van der Waals surface area contributed by atoms with Crippen molar-refractivity contribution in [1.29, 1.82) is 0 Å². The molecular formula is C21H28N2O3. The predicted octanol–water partition coefficient (Wildman–Crippen LogP) is 4.63. The molecule has 3 rings (SSSR count). The van der Waals surface area contributed by atoms with E-state index in [1.165, 1.54) is 19.3 Å². The number of hydrogen-bond donors (Lipinski definition) is 1. The molecule has 0 bridgehead atoms. The lowest BCUT2D eigenvalue weighted by Gasteiger charge is -2.34. The van der Waals surface area contributed by atoms with Gasteiger partial charge in [-0.3, -0.25) is 4.79 Å². The van der Waals surface area contributed by atoms with Gasteiger partial charge in [-0.2, -0.15) is 0 Å². The van der Waals surface area contributed by atoms with Crippen LogP contribution >= 0.6 is 0 Å². The lowest BCUT2D eigenvalue weighted by Crippen LogP contribution is -2.47. The van der Waals surface area contributed by atoms with Gasteiger partial charge in [0.1, 0.15) is 18.1 Å². The molecule has 0 unspecified atom stereocenters. The number of carbonyl (C=O) groups excluding carboxylic acids is 1. The predicted molar refractivity (Wildman–Crippen MR) is 100 cm³/mol. The molecule has 0 saturated heterocycles. The number of nitrogens with one attached hydrogen (secondary N) is 1. The van der Waals surface area contributed by atoms with Gasteiger partial charge in [0.05, 0.1) is 11.3 Å². The van der Waals surface area contributed by atoms with Crippen molar-refractivity contribution in [2.24, 2.45) is 0 Å². The summed E-state index contributed by atoms with van der Waals surface area (Å²) in [6, 6.07) is 5.59. The Bertz CT molecular complexity index is 769. The Balaban J connectivity index is 1.66. The number of hydrogen-bond acceptors (Lipinski definition) is 4. The standard InChI is InChI=1S/C21H28N2O3/c1-14-12-17(20(24)22-21(4)10-6-5-7-11-21)8-9-19(14)25-13-18-15(2)23-26-16(18)3/h8-9,12H,5-7,10-11,13H2,1-4H3,(H,22,24). The van der Waals surface area contributed by atoms with Gasteiger partial charge in [0, 0.05) is 11.1 Å². The number of aromatic nitrogens is 1. The minimum Gasteiger partial charge on any atom is -0.488 e. The first-order chi connectivity index (χ1) is 12.4. The Kier molecular flexibility index (Phi) is 5.35. The fourth-order valence-corrected chi connectivity index (χ4v) is 3.61. The highest BCUT2D eigenvalue weighted by Crippen LogP contribution is 2.28. The third kappa shape index (κ3) is 4.09. The van der Waals surface area contributed by atoms with Crippen molar-refractivity contribution in [3.8, 4) is 5.75 Å². The van der Waals surface area contributed by atoms with E-state index in [0.29, 0.717) is 12.2 Å². The zero-order chi connectivity index (χ0) is 18.7. The minimum atomic E-state index is -0.0816. The molecule has 2 aromatic rings. The van der Waals surface area contributed by atoms with Crippen LogP contribution in [-0.2, 0) is 6.61 Å². The number of amides is 1. The molecule has 0 radical (unpaired) electrons. The topological polar surface area (TPSA) is 64.4 Å². The second-order valence-corrected chi connectivity index (χ2v) is 7.65. The van der Waals surface area contributed by atoms with Crippen molar-refractivity contribution in [3.63, 3.8) is 0 Å². The molecule has 1 heterocycles. The van der Waals surface area contributed by atoms with Crippen molar-refractivity contribution < 1.29 is 14.1 Å². The number of nitrogens with zero attached hydrogens (tertiary/aromatic N) is 1. The number of carbonyl (C=O) groups is 1. The summed E-state index contributed by atoms with van der Waals surface area (Å²) in [6.07, 6.45) is 5.74. The molecule has 0 aliphatic heterocycles. The van der Waals surface area contributed by atoms with E-state index < -0.39 is 0 Å². The Morgan fingerprint density at radius 2 is 1.96 bits per heavy atom. The van der Waals surface area contributed by atoms with E-state index >= 15 is 0 Å². The molecule has 1 fully saturated rings. The van der Waals surface area contributed by atoms with Crippen LogP contribution in [-0.4, -0.2) is 16.6 Å². The van der Waals surface area contributed by atoms with E-state index in [9.17, 15) is 4.79 Å². The molecule has 0 spiro atoms. The molecule has 5 heteroatoms.